The second-order valence-corrected chi connectivity index (χ2v) is 17.2. The number of aliphatic hydroxyl groups is 1. The van der Waals surface area contributed by atoms with E-state index in [1.165, 1.54) is 4.90 Å². The van der Waals surface area contributed by atoms with Crippen LogP contribution in [0.15, 0.2) is 0 Å². The SMILES string of the molecule is CC(C)(C)OC(=O)CN(CCN(CC(=O)OC(C)(C)C)C[C@H](CO)N(COC(=O)C(C)(C)C)CC(=O)OC(C)(C)C)CC(=O)OC(C)(C)C. The number of rotatable bonds is 17. The van der Waals surface area contributed by atoms with E-state index in [1.54, 1.807) is 114 Å². The molecule has 0 aromatic carbocycles. The monoisotopic (exact) mass is 703 g/mol. The zero-order valence-electron chi connectivity index (χ0n) is 32.8. The number of esters is 5. The van der Waals surface area contributed by atoms with Crippen molar-refractivity contribution in [3.63, 3.8) is 0 Å². The topological polar surface area (TPSA) is 161 Å². The molecule has 0 aromatic heterocycles. The van der Waals surface area contributed by atoms with E-state index >= 15 is 0 Å². The Kier molecular flexibility index (Phi) is 17.9. The molecule has 0 rings (SSSR count). The largest absolute Gasteiger partial charge is 0.459 e. The average Bonchev–Trinajstić information content (AvgIpc) is 2.82. The van der Waals surface area contributed by atoms with Crippen molar-refractivity contribution >= 4 is 29.8 Å². The average molecular weight is 704 g/mol. The Hall–Kier alpha value is -2.81. The molecule has 1 N–H and O–H groups in total. The van der Waals surface area contributed by atoms with Crippen LogP contribution in [-0.4, -0.2) is 137 Å². The first-order chi connectivity index (χ1) is 21.9. The molecule has 286 valence electrons. The highest BCUT2D eigenvalue weighted by Gasteiger charge is 2.31. The molecular formula is C35H65N3O11. The number of hydrogen-bond donors (Lipinski definition) is 1. The number of carbonyl (C=O) groups is 5. The highest BCUT2D eigenvalue weighted by atomic mass is 16.6. The zero-order chi connectivity index (χ0) is 38.6. The maximum Gasteiger partial charge on any atom is 0.320 e. The lowest BCUT2D eigenvalue weighted by molar-refractivity contribution is -0.167. The predicted octanol–water partition coefficient (Wildman–Crippen LogP) is 3.17. The third-order valence-corrected chi connectivity index (χ3v) is 5.97. The van der Waals surface area contributed by atoms with Crippen molar-refractivity contribution in [2.75, 3.05) is 59.2 Å². The van der Waals surface area contributed by atoms with E-state index in [-0.39, 0.29) is 52.5 Å². The molecule has 0 aromatic rings. The van der Waals surface area contributed by atoms with Gasteiger partial charge in [0.1, 0.15) is 29.1 Å². The first-order valence-corrected chi connectivity index (χ1v) is 16.7. The van der Waals surface area contributed by atoms with E-state index < -0.39 is 70.3 Å². The molecule has 0 aliphatic carbocycles. The maximum atomic E-state index is 13.0. The van der Waals surface area contributed by atoms with E-state index in [9.17, 15) is 29.1 Å². The lowest BCUT2D eigenvalue weighted by Gasteiger charge is -2.35. The van der Waals surface area contributed by atoms with Crippen molar-refractivity contribution < 1.29 is 52.8 Å². The molecule has 0 fully saturated rings. The van der Waals surface area contributed by atoms with Crippen molar-refractivity contribution in [3.05, 3.63) is 0 Å². The van der Waals surface area contributed by atoms with E-state index in [0.717, 1.165) is 0 Å². The molecule has 49 heavy (non-hydrogen) atoms. The molecule has 0 aliphatic rings. The zero-order valence-corrected chi connectivity index (χ0v) is 32.8. The van der Waals surface area contributed by atoms with Gasteiger partial charge in [0.25, 0.3) is 0 Å². The van der Waals surface area contributed by atoms with Gasteiger partial charge in [-0.25, -0.2) is 0 Å². The van der Waals surface area contributed by atoms with E-state index in [4.69, 9.17) is 23.7 Å². The summed E-state index contributed by atoms with van der Waals surface area (Å²) in [6, 6.07) is -0.812. The number of nitrogens with zero attached hydrogens (tertiary/aromatic N) is 3. The number of ether oxygens (including phenoxy) is 5. The third-order valence-electron chi connectivity index (χ3n) is 5.97. The Balaban J connectivity index is 6.40. The van der Waals surface area contributed by atoms with Crippen LogP contribution in [0, 0.1) is 5.41 Å². The third kappa shape index (κ3) is 24.1. The summed E-state index contributed by atoms with van der Waals surface area (Å²) in [6.07, 6.45) is 0. The highest BCUT2D eigenvalue weighted by molar-refractivity contribution is 5.76. The first kappa shape index (κ1) is 46.2. The Morgan fingerprint density at radius 3 is 1.18 bits per heavy atom. The van der Waals surface area contributed by atoms with Gasteiger partial charge in [-0.1, -0.05) is 0 Å². The maximum absolute atomic E-state index is 13.0. The summed E-state index contributed by atoms with van der Waals surface area (Å²) in [5, 5.41) is 10.6. The summed E-state index contributed by atoms with van der Waals surface area (Å²) in [4.78, 5) is 68.9. The Bertz CT molecular complexity index is 1060. The van der Waals surface area contributed by atoms with E-state index in [0.29, 0.717) is 0 Å². The molecule has 0 saturated heterocycles. The molecule has 0 heterocycles. The molecule has 14 heteroatoms. The summed E-state index contributed by atoms with van der Waals surface area (Å²) in [5.74, 6) is -2.76. The van der Waals surface area contributed by atoms with Crippen LogP contribution < -0.4 is 0 Å². The standard InChI is InChI=1S/C35H65N3O11/c1-31(2,3)30(44)45-24-38(22-29(43)49-35(13,14)15)25(23-39)18-36(19-26(40)46-32(4,5)6)16-17-37(20-27(41)47-33(7,8)9)21-28(42)48-34(10,11)12/h25,39H,16-24H2,1-15H3/t25-/m1/s1. The molecule has 1 atom stereocenters. The minimum atomic E-state index is -0.819. The Labute approximate surface area is 294 Å². The van der Waals surface area contributed by atoms with Gasteiger partial charge in [-0.15, -0.1) is 0 Å². The number of hydrogen-bond acceptors (Lipinski definition) is 14. The van der Waals surface area contributed by atoms with Gasteiger partial charge in [-0.05, 0) is 104 Å². The quantitative estimate of drug-likeness (QED) is 0.134. The van der Waals surface area contributed by atoms with Crippen LogP contribution in [0.1, 0.15) is 104 Å². The minimum Gasteiger partial charge on any atom is -0.459 e. The van der Waals surface area contributed by atoms with Gasteiger partial charge in [0.05, 0.1) is 38.2 Å². The first-order valence-electron chi connectivity index (χ1n) is 16.7. The smallest absolute Gasteiger partial charge is 0.320 e. The van der Waals surface area contributed by atoms with Crippen molar-refractivity contribution in [2.24, 2.45) is 5.41 Å². The molecular weight excluding hydrogens is 638 g/mol. The Morgan fingerprint density at radius 1 is 0.531 bits per heavy atom. The lowest BCUT2D eigenvalue weighted by Crippen LogP contribution is -2.52. The van der Waals surface area contributed by atoms with Crippen LogP contribution in [0.5, 0.6) is 0 Å². The normalized spacial score (nSPS) is 13.7. The Morgan fingerprint density at radius 2 is 0.857 bits per heavy atom. The number of carbonyl (C=O) groups excluding carboxylic acids is 5. The summed E-state index contributed by atoms with van der Waals surface area (Å²) >= 11 is 0. The second-order valence-electron chi connectivity index (χ2n) is 17.2. The molecule has 0 saturated carbocycles. The summed E-state index contributed by atoms with van der Waals surface area (Å²) in [5.41, 5.74) is -3.88. The molecule has 14 nitrogen and oxygen atoms in total. The van der Waals surface area contributed by atoms with Gasteiger partial charge in [0.15, 0.2) is 0 Å². The molecule has 0 aliphatic heterocycles. The molecule has 0 amide bonds. The second kappa shape index (κ2) is 19.0. The fourth-order valence-corrected chi connectivity index (χ4v) is 4.17. The summed E-state index contributed by atoms with van der Waals surface area (Å²) < 4.78 is 27.6. The fourth-order valence-electron chi connectivity index (χ4n) is 4.17. The van der Waals surface area contributed by atoms with Gasteiger partial charge >= 0.3 is 29.8 Å². The van der Waals surface area contributed by atoms with Crippen LogP contribution in [0.25, 0.3) is 0 Å². The van der Waals surface area contributed by atoms with Gasteiger partial charge in [-0.3, -0.25) is 38.7 Å². The van der Waals surface area contributed by atoms with Gasteiger partial charge in [-0.2, -0.15) is 0 Å². The van der Waals surface area contributed by atoms with Gasteiger partial charge in [0, 0.05) is 25.7 Å². The van der Waals surface area contributed by atoms with Gasteiger partial charge in [0.2, 0.25) is 0 Å². The van der Waals surface area contributed by atoms with Gasteiger partial charge < -0.3 is 28.8 Å². The minimum absolute atomic E-state index is 0.0122. The number of aliphatic hydroxyl groups excluding tert-OH is 1. The van der Waals surface area contributed by atoms with Crippen molar-refractivity contribution in [3.8, 4) is 0 Å². The molecule has 0 unspecified atom stereocenters. The van der Waals surface area contributed by atoms with Crippen molar-refractivity contribution in [1.29, 1.82) is 0 Å². The lowest BCUT2D eigenvalue weighted by atomic mass is 9.97. The van der Waals surface area contributed by atoms with Crippen LogP contribution >= 0.6 is 0 Å². The van der Waals surface area contributed by atoms with Crippen LogP contribution in [0.4, 0.5) is 0 Å². The van der Waals surface area contributed by atoms with Crippen molar-refractivity contribution in [1.82, 2.24) is 14.7 Å². The molecule has 0 bridgehead atoms. The summed E-state index contributed by atoms with van der Waals surface area (Å²) in [7, 11) is 0. The van der Waals surface area contributed by atoms with Crippen LogP contribution in [-0.2, 0) is 47.7 Å². The molecule has 0 spiro atoms. The summed E-state index contributed by atoms with van der Waals surface area (Å²) in [6.45, 7) is 24.4. The van der Waals surface area contributed by atoms with E-state index in [1.807, 2.05) is 0 Å². The highest BCUT2D eigenvalue weighted by Crippen LogP contribution is 2.17. The fraction of sp³-hybridized carbons (Fsp3) is 0.857. The van der Waals surface area contributed by atoms with Crippen LogP contribution in [0.3, 0.4) is 0 Å². The predicted molar refractivity (Wildman–Crippen MR) is 184 cm³/mol. The van der Waals surface area contributed by atoms with E-state index in [2.05, 4.69) is 0 Å². The van der Waals surface area contributed by atoms with Crippen molar-refractivity contribution in [2.45, 2.75) is 132 Å². The molecule has 0 radical (unpaired) electrons. The van der Waals surface area contributed by atoms with Crippen LogP contribution in [0.2, 0.25) is 0 Å².